The summed E-state index contributed by atoms with van der Waals surface area (Å²) in [5, 5.41) is 3.00. The van der Waals surface area contributed by atoms with Gasteiger partial charge in [0.25, 0.3) is 0 Å². The molecule has 2 heterocycles. The first-order chi connectivity index (χ1) is 12.4. The lowest BCUT2D eigenvalue weighted by Gasteiger charge is -2.44. The van der Waals surface area contributed by atoms with Crippen molar-refractivity contribution < 1.29 is 14.3 Å². The third-order valence-electron chi connectivity index (χ3n) is 5.30. The van der Waals surface area contributed by atoms with E-state index in [1.807, 2.05) is 29.2 Å². The van der Waals surface area contributed by atoms with E-state index in [4.69, 9.17) is 4.74 Å². The Morgan fingerprint density at radius 1 is 1.27 bits per heavy atom. The van der Waals surface area contributed by atoms with E-state index in [0.29, 0.717) is 12.3 Å². The van der Waals surface area contributed by atoms with Crippen LogP contribution in [0.3, 0.4) is 0 Å². The van der Waals surface area contributed by atoms with Crippen molar-refractivity contribution in [2.24, 2.45) is 0 Å². The number of hydrogen-bond acceptors (Lipinski definition) is 5. The van der Waals surface area contributed by atoms with Gasteiger partial charge in [0.15, 0.2) is 0 Å². The largest absolute Gasteiger partial charge is 0.497 e. The molecule has 1 aromatic carbocycles. The summed E-state index contributed by atoms with van der Waals surface area (Å²) in [6.07, 6.45) is 1.83. The zero-order valence-electron chi connectivity index (χ0n) is 15.7. The van der Waals surface area contributed by atoms with Crippen molar-refractivity contribution in [3.8, 4) is 5.75 Å². The SMILES string of the molecule is COc1ccc(CNC(=O)[C@H]2CSC3(CCN(C)CC3)N2C(C)=O)cc1. The molecule has 6 nitrogen and oxygen atoms in total. The van der Waals surface area contributed by atoms with Crippen LogP contribution in [-0.4, -0.2) is 65.5 Å². The van der Waals surface area contributed by atoms with Crippen molar-refractivity contribution in [2.75, 3.05) is 33.0 Å². The summed E-state index contributed by atoms with van der Waals surface area (Å²) >= 11 is 1.77. The number of rotatable bonds is 4. The van der Waals surface area contributed by atoms with Crippen molar-refractivity contribution in [3.05, 3.63) is 29.8 Å². The van der Waals surface area contributed by atoms with Gasteiger partial charge in [0.2, 0.25) is 11.8 Å². The summed E-state index contributed by atoms with van der Waals surface area (Å²) in [6, 6.07) is 7.23. The topological polar surface area (TPSA) is 61.9 Å². The lowest BCUT2D eigenvalue weighted by atomic mass is 10.0. The summed E-state index contributed by atoms with van der Waals surface area (Å²) < 4.78 is 5.15. The summed E-state index contributed by atoms with van der Waals surface area (Å²) in [4.78, 5) is 29.1. The van der Waals surface area contributed by atoms with Gasteiger partial charge in [-0.05, 0) is 37.6 Å². The molecule has 142 valence electrons. The zero-order valence-corrected chi connectivity index (χ0v) is 16.5. The minimum atomic E-state index is -0.390. The average Bonchev–Trinajstić information content (AvgIpc) is 3.02. The Kier molecular flexibility index (Phi) is 5.77. The first kappa shape index (κ1) is 19.0. The fraction of sp³-hybridized carbons (Fsp3) is 0.579. The normalized spacial score (nSPS) is 22.4. The van der Waals surface area contributed by atoms with Gasteiger partial charge in [-0.25, -0.2) is 0 Å². The zero-order chi connectivity index (χ0) is 18.7. The molecule has 0 radical (unpaired) electrons. The van der Waals surface area contributed by atoms with Gasteiger partial charge >= 0.3 is 0 Å². The number of carbonyl (C=O) groups is 2. The first-order valence-electron chi connectivity index (χ1n) is 8.98. The number of nitrogens with zero attached hydrogens (tertiary/aromatic N) is 2. The number of benzene rings is 1. The summed E-state index contributed by atoms with van der Waals surface area (Å²) in [5.41, 5.74) is 1.01. The van der Waals surface area contributed by atoms with Gasteiger partial charge in [-0.15, -0.1) is 11.8 Å². The number of methoxy groups -OCH3 is 1. The molecule has 0 unspecified atom stereocenters. The first-order valence-corrected chi connectivity index (χ1v) is 9.97. The Balaban J connectivity index is 1.65. The molecule has 1 N–H and O–H groups in total. The van der Waals surface area contributed by atoms with Crippen molar-refractivity contribution in [2.45, 2.75) is 37.2 Å². The minimum absolute atomic E-state index is 0.0100. The number of thioether (sulfide) groups is 1. The second kappa shape index (κ2) is 7.88. The maximum Gasteiger partial charge on any atom is 0.243 e. The quantitative estimate of drug-likeness (QED) is 0.865. The van der Waals surface area contributed by atoms with Crippen LogP contribution in [0.15, 0.2) is 24.3 Å². The van der Waals surface area contributed by atoms with Crippen LogP contribution in [0.1, 0.15) is 25.3 Å². The number of hydrogen-bond donors (Lipinski definition) is 1. The molecule has 2 aliphatic rings. The van der Waals surface area contributed by atoms with Crippen molar-refractivity contribution in [1.29, 1.82) is 0 Å². The van der Waals surface area contributed by atoms with Gasteiger partial charge in [-0.3, -0.25) is 9.59 Å². The van der Waals surface area contributed by atoms with Crippen LogP contribution in [0.4, 0.5) is 0 Å². The Hall–Kier alpha value is -1.73. The molecule has 0 bridgehead atoms. The Morgan fingerprint density at radius 3 is 2.50 bits per heavy atom. The predicted octanol–water partition coefficient (Wildman–Crippen LogP) is 1.70. The minimum Gasteiger partial charge on any atom is -0.497 e. The third-order valence-corrected chi connectivity index (χ3v) is 6.92. The fourth-order valence-electron chi connectivity index (χ4n) is 3.77. The van der Waals surface area contributed by atoms with E-state index in [9.17, 15) is 9.59 Å². The van der Waals surface area contributed by atoms with Gasteiger partial charge in [0, 0.05) is 32.3 Å². The molecule has 2 saturated heterocycles. The maximum absolute atomic E-state index is 12.8. The maximum atomic E-state index is 12.8. The Bertz CT molecular complexity index is 656. The molecule has 0 aromatic heterocycles. The number of amides is 2. The fourth-order valence-corrected chi connectivity index (χ4v) is 5.40. The molecular formula is C19H27N3O3S. The lowest BCUT2D eigenvalue weighted by molar-refractivity contribution is -0.142. The molecule has 7 heteroatoms. The smallest absolute Gasteiger partial charge is 0.243 e. The Labute approximate surface area is 159 Å². The van der Waals surface area contributed by atoms with Crippen molar-refractivity contribution in [1.82, 2.24) is 15.1 Å². The van der Waals surface area contributed by atoms with Crippen molar-refractivity contribution in [3.63, 3.8) is 0 Å². The lowest BCUT2D eigenvalue weighted by Crippen LogP contribution is -2.57. The second-order valence-electron chi connectivity index (χ2n) is 7.03. The molecule has 1 atom stereocenters. The Morgan fingerprint density at radius 2 is 1.92 bits per heavy atom. The second-order valence-corrected chi connectivity index (χ2v) is 8.41. The molecule has 0 saturated carbocycles. The van der Waals surface area contributed by atoms with Crippen LogP contribution in [0, 0.1) is 0 Å². The van der Waals surface area contributed by atoms with E-state index >= 15 is 0 Å². The highest BCUT2D eigenvalue weighted by atomic mass is 32.2. The molecule has 1 spiro atoms. The molecule has 3 rings (SSSR count). The molecule has 26 heavy (non-hydrogen) atoms. The highest BCUT2D eigenvalue weighted by Gasteiger charge is 2.51. The number of carbonyl (C=O) groups excluding carboxylic acids is 2. The van der Waals surface area contributed by atoms with Crippen LogP contribution in [0.2, 0.25) is 0 Å². The highest BCUT2D eigenvalue weighted by molar-refractivity contribution is 8.01. The van der Waals surface area contributed by atoms with Gasteiger partial charge in [0.05, 0.1) is 12.0 Å². The van der Waals surface area contributed by atoms with Crippen molar-refractivity contribution >= 4 is 23.6 Å². The average molecular weight is 378 g/mol. The molecule has 2 aliphatic heterocycles. The molecule has 1 aromatic rings. The molecular weight excluding hydrogens is 350 g/mol. The van der Waals surface area contributed by atoms with E-state index in [1.165, 1.54) is 0 Å². The standard InChI is InChI=1S/C19H27N3O3S/c1-14(23)22-17(13-26-19(22)8-10-21(2)11-9-19)18(24)20-12-15-4-6-16(25-3)7-5-15/h4-7,17H,8-13H2,1-3H3,(H,20,24)/t17-/m1/s1. The van der Waals surface area contributed by atoms with Crippen LogP contribution in [0.5, 0.6) is 5.75 Å². The number of likely N-dealkylation sites (tertiary alicyclic amines) is 1. The molecule has 0 aliphatic carbocycles. The predicted molar refractivity (Wildman–Crippen MR) is 103 cm³/mol. The van der Waals surface area contributed by atoms with E-state index in [1.54, 1.807) is 25.8 Å². The summed E-state index contributed by atoms with van der Waals surface area (Å²) in [6.45, 7) is 3.94. The van der Waals surface area contributed by atoms with E-state index in [2.05, 4.69) is 17.3 Å². The number of ether oxygens (including phenoxy) is 1. The van der Waals surface area contributed by atoms with Crippen LogP contribution in [0.25, 0.3) is 0 Å². The van der Waals surface area contributed by atoms with Gasteiger partial charge < -0.3 is 19.9 Å². The summed E-state index contributed by atoms with van der Waals surface area (Å²) in [5.74, 6) is 1.38. The number of piperidine rings is 1. The van der Waals surface area contributed by atoms with Gasteiger partial charge in [-0.1, -0.05) is 12.1 Å². The van der Waals surface area contributed by atoms with Gasteiger partial charge in [-0.2, -0.15) is 0 Å². The number of nitrogens with one attached hydrogen (secondary N) is 1. The van der Waals surface area contributed by atoms with E-state index in [0.717, 1.165) is 37.2 Å². The third kappa shape index (κ3) is 3.83. The van der Waals surface area contributed by atoms with Crippen LogP contribution >= 0.6 is 11.8 Å². The molecule has 2 amide bonds. The van der Waals surface area contributed by atoms with E-state index in [-0.39, 0.29) is 22.7 Å². The van der Waals surface area contributed by atoms with E-state index < -0.39 is 0 Å². The van der Waals surface area contributed by atoms with Gasteiger partial charge in [0.1, 0.15) is 11.8 Å². The molecule has 2 fully saturated rings. The monoisotopic (exact) mass is 377 g/mol. The highest BCUT2D eigenvalue weighted by Crippen LogP contribution is 2.46. The van der Waals surface area contributed by atoms with Crippen LogP contribution < -0.4 is 10.1 Å². The van der Waals surface area contributed by atoms with Crippen LogP contribution in [-0.2, 0) is 16.1 Å². The summed E-state index contributed by atoms with van der Waals surface area (Å²) in [7, 11) is 3.73.